The van der Waals surface area contributed by atoms with E-state index in [9.17, 15) is 14.4 Å². The number of ketones is 1. The van der Waals surface area contributed by atoms with Crippen LogP contribution in [0.15, 0.2) is 22.7 Å². The maximum atomic E-state index is 13.1. The Bertz CT molecular complexity index is 869. The number of aldehydes is 1. The number of ether oxygens (including phenoxy) is 2. The molecule has 0 spiro atoms. The molecule has 2 aromatic rings. The van der Waals surface area contributed by atoms with E-state index < -0.39 is 17.7 Å². The zero-order valence-corrected chi connectivity index (χ0v) is 14.8. The summed E-state index contributed by atoms with van der Waals surface area (Å²) in [5.41, 5.74) is 1.12. The quantitative estimate of drug-likeness (QED) is 0.461. The molecule has 7 nitrogen and oxygen atoms in total. The number of nitrogens with zero attached hydrogens (tertiary/aromatic N) is 1. The summed E-state index contributed by atoms with van der Waals surface area (Å²) in [4.78, 5) is 36.8. The summed E-state index contributed by atoms with van der Waals surface area (Å²) in [6.45, 7) is 3.68. The molecule has 7 heteroatoms. The average Bonchev–Trinajstić information content (AvgIpc) is 3.04. The Morgan fingerprint density at radius 3 is 2.81 bits per heavy atom. The van der Waals surface area contributed by atoms with Gasteiger partial charge < -0.3 is 14.0 Å². The van der Waals surface area contributed by atoms with Gasteiger partial charge in [-0.1, -0.05) is 24.2 Å². The molecule has 1 aliphatic rings. The Hall–Kier alpha value is -2.96. The lowest BCUT2D eigenvalue weighted by Gasteiger charge is -2.25. The maximum Gasteiger partial charge on any atom is 0.317 e. The van der Waals surface area contributed by atoms with Gasteiger partial charge in [-0.05, 0) is 18.9 Å². The highest BCUT2D eigenvalue weighted by Crippen LogP contribution is 2.40. The number of esters is 1. The third kappa shape index (κ3) is 2.79. The van der Waals surface area contributed by atoms with E-state index in [1.54, 1.807) is 32.0 Å². The van der Waals surface area contributed by atoms with Crippen molar-refractivity contribution in [1.82, 2.24) is 5.16 Å². The van der Waals surface area contributed by atoms with Gasteiger partial charge >= 0.3 is 5.97 Å². The number of Topliss-reactive ketones (excluding diaryl/α,β-unsaturated/α-hetero) is 1. The summed E-state index contributed by atoms with van der Waals surface area (Å²) in [7, 11) is 1.46. The maximum absolute atomic E-state index is 13.1. The number of carbonyl (C=O) groups excluding carboxylic acids is 3. The molecule has 3 rings (SSSR count). The van der Waals surface area contributed by atoms with Crippen LogP contribution in [0.1, 0.15) is 40.3 Å². The monoisotopic (exact) mass is 357 g/mol. The van der Waals surface area contributed by atoms with Gasteiger partial charge in [-0.25, -0.2) is 0 Å². The highest BCUT2D eigenvalue weighted by Gasteiger charge is 2.43. The summed E-state index contributed by atoms with van der Waals surface area (Å²) in [6.07, 6.45) is 1.04. The van der Waals surface area contributed by atoms with Gasteiger partial charge in [-0.3, -0.25) is 14.4 Å². The van der Waals surface area contributed by atoms with Gasteiger partial charge in [0, 0.05) is 12.0 Å². The fourth-order valence-electron chi connectivity index (χ4n) is 3.35. The molecule has 0 saturated carbocycles. The summed E-state index contributed by atoms with van der Waals surface area (Å²) >= 11 is 0. The lowest BCUT2D eigenvalue weighted by Crippen LogP contribution is -2.36. The molecule has 1 aromatic carbocycles. The number of methoxy groups -OCH3 is 1. The largest absolute Gasteiger partial charge is 0.496 e. The standard InChI is InChI=1S/C19H19NO6/c1-4-25-19(23)14-10(2)8-13-16(18(14)22)17(20-26-13)15-11(9-21)6-5-7-12(15)24-3/h5-7,9-10,14H,4,8H2,1-3H3/t10-,14+/m0/s1. The van der Waals surface area contributed by atoms with Crippen molar-refractivity contribution >= 4 is 18.0 Å². The van der Waals surface area contributed by atoms with E-state index in [1.165, 1.54) is 7.11 Å². The molecule has 0 saturated heterocycles. The van der Waals surface area contributed by atoms with Gasteiger partial charge in [0.2, 0.25) is 0 Å². The average molecular weight is 357 g/mol. The Labute approximate surface area is 150 Å². The molecule has 0 bridgehead atoms. The SMILES string of the molecule is CCOC(=O)[C@H]1C(=O)c2c(-c3c(C=O)cccc3OC)noc2C[C@@H]1C. The molecule has 2 atom stereocenters. The third-order valence-corrected chi connectivity index (χ3v) is 4.55. The van der Waals surface area contributed by atoms with Crippen LogP contribution in [0.3, 0.4) is 0 Å². The first-order chi connectivity index (χ1) is 12.5. The van der Waals surface area contributed by atoms with Crippen molar-refractivity contribution in [1.29, 1.82) is 0 Å². The second-order valence-corrected chi connectivity index (χ2v) is 6.15. The van der Waals surface area contributed by atoms with Crippen LogP contribution in [0.4, 0.5) is 0 Å². The van der Waals surface area contributed by atoms with Crippen LogP contribution in [0.25, 0.3) is 11.3 Å². The number of benzene rings is 1. The van der Waals surface area contributed by atoms with Crippen molar-refractivity contribution in [3.05, 3.63) is 35.1 Å². The molecule has 136 valence electrons. The molecular formula is C19H19NO6. The second-order valence-electron chi connectivity index (χ2n) is 6.15. The highest BCUT2D eigenvalue weighted by atomic mass is 16.5. The normalized spacial score (nSPS) is 19.0. The van der Waals surface area contributed by atoms with E-state index in [0.29, 0.717) is 35.3 Å². The third-order valence-electron chi connectivity index (χ3n) is 4.55. The van der Waals surface area contributed by atoms with E-state index in [2.05, 4.69) is 5.16 Å². The molecule has 1 heterocycles. The van der Waals surface area contributed by atoms with E-state index in [0.717, 1.165) is 0 Å². The molecule has 0 unspecified atom stereocenters. The summed E-state index contributed by atoms with van der Waals surface area (Å²) in [5.74, 6) is -1.35. The van der Waals surface area contributed by atoms with Crippen LogP contribution in [0, 0.1) is 11.8 Å². The molecule has 0 N–H and O–H groups in total. The van der Waals surface area contributed by atoms with Crippen molar-refractivity contribution in [2.75, 3.05) is 13.7 Å². The number of aromatic nitrogens is 1. The van der Waals surface area contributed by atoms with Crippen molar-refractivity contribution in [2.24, 2.45) is 11.8 Å². The van der Waals surface area contributed by atoms with E-state index in [4.69, 9.17) is 14.0 Å². The van der Waals surface area contributed by atoms with E-state index in [1.807, 2.05) is 0 Å². The Morgan fingerprint density at radius 2 is 2.15 bits per heavy atom. The van der Waals surface area contributed by atoms with Crippen LogP contribution in [0.2, 0.25) is 0 Å². The minimum absolute atomic E-state index is 0.195. The Balaban J connectivity index is 2.16. The minimum Gasteiger partial charge on any atom is -0.496 e. The number of rotatable bonds is 5. The van der Waals surface area contributed by atoms with Crippen LogP contribution >= 0.6 is 0 Å². The van der Waals surface area contributed by atoms with E-state index >= 15 is 0 Å². The first-order valence-corrected chi connectivity index (χ1v) is 8.35. The molecule has 26 heavy (non-hydrogen) atoms. The number of carbonyl (C=O) groups is 3. The topological polar surface area (TPSA) is 95.7 Å². The van der Waals surface area contributed by atoms with Gasteiger partial charge in [-0.15, -0.1) is 0 Å². The summed E-state index contributed by atoms with van der Waals surface area (Å²) in [5, 5.41) is 4.02. The van der Waals surface area contributed by atoms with Crippen molar-refractivity contribution in [2.45, 2.75) is 20.3 Å². The number of hydrogen-bond acceptors (Lipinski definition) is 7. The van der Waals surface area contributed by atoms with Gasteiger partial charge in [-0.2, -0.15) is 0 Å². The highest BCUT2D eigenvalue weighted by molar-refractivity contribution is 6.14. The first-order valence-electron chi connectivity index (χ1n) is 8.35. The lowest BCUT2D eigenvalue weighted by molar-refractivity contribution is -0.147. The predicted molar refractivity (Wildman–Crippen MR) is 91.2 cm³/mol. The Kier molecular flexibility index (Phi) is 4.88. The van der Waals surface area contributed by atoms with Crippen molar-refractivity contribution in [3.8, 4) is 17.0 Å². The molecule has 0 amide bonds. The van der Waals surface area contributed by atoms with Crippen LogP contribution < -0.4 is 4.74 Å². The van der Waals surface area contributed by atoms with Gasteiger partial charge in [0.1, 0.15) is 23.1 Å². The van der Waals surface area contributed by atoms with Gasteiger partial charge in [0.15, 0.2) is 12.1 Å². The molecule has 0 fully saturated rings. The molecule has 0 aliphatic heterocycles. The fourth-order valence-corrected chi connectivity index (χ4v) is 3.35. The van der Waals surface area contributed by atoms with Gasteiger partial charge in [0.25, 0.3) is 0 Å². The van der Waals surface area contributed by atoms with Crippen LogP contribution in [0.5, 0.6) is 5.75 Å². The molecule has 0 radical (unpaired) electrons. The fraction of sp³-hybridized carbons (Fsp3) is 0.368. The Morgan fingerprint density at radius 1 is 1.38 bits per heavy atom. The van der Waals surface area contributed by atoms with Crippen LogP contribution in [-0.2, 0) is 16.0 Å². The van der Waals surface area contributed by atoms with Crippen molar-refractivity contribution in [3.63, 3.8) is 0 Å². The smallest absolute Gasteiger partial charge is 0.317 e. The minimum atomic E-state index is -0.921. The number of fused-ring (bicyclic) bond motifs is 1. The summed E-state index contributed by atoms with van der Waals surface area (Å²) < 4.78 is 15.8. The van der Waals surface area contributed by atoms with Gasteiger partial charge in [0.05, 0.1) is 24.8 Å². The zero-order valence-electron chi connectivity index (χ0n) is 14.8. The zero-order chi connectivity index (χ0) is 18.8. The number of hydrogen-bond donors (Lipinski definition) is 0. The predicted octanol–water partition coefficient (Wildman–Crippen LogP) is 2.72. The lowest BCUT2D eigenvalue weighted by atomic mass is 9.77. The molecule has 1 aliphatic carbocycles. The summed E-state index contributed by atoms with van der Waals surface area (Å²) in [6, 6.07) is 4.94. The molecular weight excluding hydrogens is 338 g/mol. The second kappa shape index (κ2) is 7.11. The van der Waals surface area contributed by atoms with Crippen LogP contribution in [-0.4, -0.2) is 36.9 Å². The van der Waals surface area contributed by atoms with Crippen molar-refractivity contribution < 1.29 is 28.4 Å². The molecule has 1 aromatic heterocycles. The van der Waals surface area contributed by atoms with E-state index in [-0.39, 0.29) is 23.8 Å². The first kappa shape index (κ1) is 17.8.